The van der Waals surface area contributed by atoms with Crippen molar-refractivity contribution >= 4 is 46.0 Å². The third-order valence-electron chi connectivity index (χ3n) is 6.46. The van der Waals surface area contributed by atoms with Gasteiger partial charge in [0.2, 0.25) is 0 Å². The Bertz CT molecular complexity index is 1370. The summed E-state index contributed by atoms with van der Waals surface area (Å²) >= 11 is 3.12. The predicted molar refractivity (Wildman–Crippen MR) is 151 cm³/mol. The van der Waals surface area contributed by atoms with Crippen LogP contribution in [0, 0.1) is 13.8 Å². The van der Waals surface area contributed by atoms with Gasteiger partial charge in [0.1, 0.15) is 15.7 Å². The SMILES string of the molecule is CCN1C(=C2SC(=Nc3ccc(C)c(C)c3)N(CCc3ccccc3)C2=O)Sc2ccc(OC)cc21. The second-order valence-electron chi connectivity index (χ2n) is 8.77. The highest BCUT2D eigenvalue weighted by atomic mass is 32.2. The van der Waals surface area contributed by atoms with Crippen LogP contribution in [0.3, 0.4) is 0 Å². The highest BCUT2D eigenvalue weighted by molar-refractivity contribution is 8.19. The number of carbonyl (C=O) groups excluding carboxylic acids is 1. The Morgan fingerprint density at radius 3 is 2.44 bits per heavy atom. The van der Waals surface area contributed by atoms with Crippen LogP contribution in [-0.2, 0) is 11.2 Å². The van der Waals surface area contributed by atoms with E-state index in [1.807, 2.05) is 41.3 Å². The Morgan fingerprint density at radius 2 is 1.72 bits per heavy atom. The number of nitrogens with zero attached hydrogens (tertiary/aromatic N) is 3. The summed E-state index contributed by atoms with van der Waals surface area (Å²) in [7, 11) is 1.68. The zero-order valence-electron chi connectivity index (χ0n) is 20.9. The lowest BCUT2D eigenvalue weighted by Gasteiger charge is -2.19. The summed E-state index contributed by atoms with van der Waals surface area (Å²) in [5.74, 6) is 0.824. The number of anilines is 1. The summed E-state index contributed by atoms with van der Waals surface area (Å²) in [5.41, 5.74) is 5.56. The highest BCUT2D eigenvalue weighted by Crippen LogP contribution is 2.51. The Hall–Kier alpha value is -3.16. The normalized spacial score (nSPS) is 18.3. The number of benzene rings is 3. The molecule has 3 aromatic carbocycles. The van der Waals surface area contributed by atoms with Crippen LogP contribution in [-0.4, -0.2) is 36.2 Å². The maximum absolute atomic E-state index is 13.9. The molecule has 36 heavy (non-hydrogen) atoms. The van der Waals surface area contributed by atoms with Crippen LogP contribution < -0.4 is 9.64 Å². The first-order valence-corrected chi connectivity index (χ1v) is 13.7. The molecule has 0 aliphatic carbocycles. The topological polar surface area (TPSA) is 45.1 Å². The van der Waals surface area contributed by atoms with Crippen LogP contribution in [0.5, 0.6) is 5.75 Å². The van der Waals surface area contributed by atoms with Crippen molar-refractivity contribution in [2.75, 3.05) is 25.1 Å². The molecule has 2 aliphatic heterocycles. The zero-order valence-corrected chi connectivity index (χ0v) is 22.6. The number of aliphatic imine (C=N–C) groups is 1. The maximum Gasteiger partial charge on any atom is 0.269 e. The average Bonchev–Trinajstić information content (AvgIpc) is 3.41. The Labute approximate surface area is 221 Å². The van der Waals surface area contributed by atoms with Gasteiger partial charge in [-0.1, -0.05) is 48.2 Å². The lowest BCUT2D eigenvalue weighted by atomic mass is 10.1. The van der Waals surface area contributed by atoms with Crippen molar-refractivity contribution in [3.8, 4) is 5.75 Å². The number of methoxy groups -OCH3 is 1. The Kier molecular flexibility index (Phi) is 7.12. The van der Waals surface area contributed by atoms with Crippen LogP contribution in [0.4, 0.5) is 11.4 Å². The molecule has 0 saturated carbocycles. The number of amidine groups is 1. The highest BCUT2D eigenvalue weighted by Gasteiger charge is 2.39. The second kappa shape index (κ2) is 10.4. The fourth-order valence-corrected chi connectivity index (χ4v) is 6.68. The van der Waals surface area contributed by atoms with Gasteiger partial charge in [0.15, 0.2) is 5.17 Å². The number of amides is 1. The lowest BCUT2D eigenvalue weighted by molar-refractivity contribution is -0.122. The molecule has 5 rings (SSSR count). The minimum atomic E-state index is 0.0132. The first-order chi connectivity index (χ1) is 17.5. The molecule has 0 spiro atoms. The minimum absolute atomic E-state index is 0.0132. The third-order valence-corrected chi connectivity index (χ3v) is 8.84. The number of fused-ring (bicyclic) bond motifs is 1. The van der Waals surface area contributed by atoms with Gasteiger partial charge in [0, 0.05) is 24.1 Å². The second-order valence-corrected chi connectivity index (χ2v) is 10.8. The third kappa shape index (κ3) is 4.77. The summed E-state index contributed by atoms with van der Waals surface area (Å²) in [6, 6.07) is 22.5. The summed E-state index contributed by atoms with van der Waals surface area (Å²) in [6.45, 7) is 7.63. The monoisotopic (exact) mass is 515 g/mol. The van der Waals surface area contributed by atoms with E-state index in [0.29, 0.717) is 6.54 Å². The molecule has 184 valence electrons. The van der Waals surface area contributed by atoms with Gasteiger partial charge in [0.25, 0.3) is 5.91 Å². The van der Waals surface area contributed by atoms with Crippen molar-refractivity contribution in [3.63, 3.8) is 0 Å². The summed E-state index contributed by atoms with van der Waals surface area (Å²) in [6.07, 6.45) is 0.768. The number of thioether (sulfide) groups is 2. The van der Waals surface area contributed by atoms with E-state index in [4.69, 9.17) is 9.73 Å². The molecule has 0 aromatic heterocycles. The molecule has 1 amide bonds. The van der Waals surface area contributed by atoms with E-state index in [2.05, 4.69) is 56.0 Å². The molecule has 3 aromatic rings. The van der Waals surface area contributed by atoms with E-state index in [1.165, 1.54) is 28.5 Å². The molecule has 5 nitrogen and oxygen atoms in total. The van der Waals surface area contributed by atoms with Gasteiger partial charge in [-0.3, -0.25) is 9.69 Å². The van der Waals surface area contributed by atoms with E-state index >= 15 is 0 Å². The first kappa shape index (κ1) is 24.5. The number of hydrogen-bond donors (Lipinski definition) is 0. The van der Waals surface area contributed by atoms with E-state index in [-0.39, 0.29) is 5.91 Å². The largest absolute Gasteiger partial charge is 0.497 e. The smallest absolute Gasteiger partial charge is 0.269 e. The van der Waals surface area contributed by atoms with E-state index in [9.17, 15) is 4.79 Å². The van der Waals surface area contributed by atoms with Crippen molar-refractivity contribution in [2.24, 2.45) is 4.99 Å². The van der Waals surface area contributed by atoms with Crippen molar-refractivity contribution in [1.29, 1.82) is 0 Å². The predicted octanol–water partition coefficient (Wildman–Crippen LogP) is 6.92. The molecule has 0 radical (unpaired) electrons. The van der Waals surface area contributed by atoms with Crippen LogP contribution in [0.15, 0.2) is 86.6 Å². The van der Waals surface area contributed by atoms with E-state index in [1.54, 1.807) is 18.9 Å². The fraction of sp³-hybridized carbons (Fsp3) is 0.241. The van der Waals surface area contributed by atoms with Crippen molar-refractivity contribution in [1.82, 2.24) is 4.90 Å². The molecule has 1 saturated heterocycles. The van der Waals surface area contributed by atoms with Gasteiger partial charge in [0.05, 0.1) is 18.5 Å². The van der Waals surface area contributed by atoms with Crippen LogP contribution in [0.25, 0.3) is 0 Å². The fourth-order valence-electron chi connectivity index (χ4n) is 4.28. The summed E-state index contributed by atoms with van der Waals surface area (Å²) < 4.78 is 5.46. The molecule has 0 atom stereocenters. The lowest BCUT2D eigenvalue weighted by Crippen LogP contribution is -2.32. The van der Waals surface area contributed by atoms with Crippen molar-refractivity contribution in [3.05, 3.63) is 93.4 Å². The number of hydrogen-bond acceptors (Lipinski definition) is 6. The Morgan fingerprint density at radius 1 is 0.917 bits per heavy atom. The Balaban J connectivity index is 1.53. The number of carbonyl (C=O) groups is 1. The van der Waals surface area contributed by atoms with Gasteiger partial charge < -0.3 is 9.64 Å². The molecule has 2 aliphatic rings. The van der Waals surface area contributed by atoms with Crippen LogP contribution in [0.2, 0.25) is 0 Å². The van der Waals surface area contributed by atoms with E-state index in [0.717, 1.165) is 50.1 Å². The average molecular weight is 516 g/mol. The molecule has 0 N–H and O–H groups in total. The molecular weight excluding hydrogens is 486 g/mol. The van der Waals surface area contributed by atoms with Gasteiger partial charge in [-0.2, -0.15) is 0 Å². The van der Waals surface area contributed by atoms with Crippen molar-refractivity contribution in [2.45, 2.75) is 32.1 Å². The molecule has 0 unspecified atom stereocenters. The van der Waals surface area contributed by atoms with E-state index < -0.39 is 0 Å². The zero-order chi connectivity index (χ0) is 25.2. The summed E-state index contributed by atoms with van der Waals surface area (Å²) in [4.78, 5) is 24.7. The number of ether oxygens (including phenoxy) is 1. The van der Waals surface area contributed by atoms with Gasteiger partial charge in [-0.05, 0) is 79.9 Å². The number of rotatable bonds is 6. The molecule has 7 heteroatoms. The molecule has 0 bridgehead atoms. The van der Waals surface area contributed by atoms with Crippen LogP contribution in [0.1, 0.15) is 23.6 Å². The quantitative estimate of drug-likeness (QED) is 0.334. The molecule has 1 fully saturated rings. The number of aryl methyl sites for hydroxylation is 2. The summed E-state index contributed by atoms with van der Waals surface area (Å²) in [5, 5.41) is 1.69. The van der Waals surface area contributed by atoms with Crippen LogP contribution >= 0.6 is 23.5 Å². The molecular formula is C29H29N3O2S2. The molecule has 2 heterocycles. The minimum Gasteiger partial charge on any atom is -0.497 e. The van der Waals surface area contributed by atoms with Gasteiger partial charge in [-0.15, -0.1) is 0 Å². The van der Waals surface area contributed by atoms with Gasteiger partial charge in [-0.25, -0.2) is 4.99 Å². The van der Waals surface area contributed by atoms with Gasteiger partial charge >= 0.3 is 0 Å². The van der Waals surface area contributed by atoms with Crippen molar-refractivity contribution < 1.29 is 9.53 Å². The standard InChI is InChI=1S/C29H29N3O2S2/c1-5-31-24-18-23(34-4)13-14-25(24)35-28(31)26-27(33)32(16-15-21-9-7-6-8-10-21)29(36-26)30-22-12-11-19(2)20(3)17-22/h6-14,17-18H,5,15-16H2,1-4H3. The maximum atomic E-state index is 13.9. The first-order valence-electron chi connectivity index (χ1n) is 12.1.